The first-order chi connectivity index (χ1) is 12.2. The van der Waals surface area contributed by atoms with Crippen LogP contribution in [0.25, 0.3) is 0 Å². The number of nitrogens with zero attached hydrogens (tertiary/aromatic N) is 3. The van der Waals surface area contributed by atoms with E-state index in [1.807, 2.05) is 22.9 Å². The van der Waals surface area contributed by atoms with Crippen molar-refractivity contribution in [3.05, 3.63) is 35.4 Å². The molecule has 0 amide bonds. The van der Waals surface area contributed by atoms with E-state index in [-0.39, 0.29) is 0 Å². The van der Waals surface area contributed by atoms with Crippen LogP contribution in [0.2, 0.25) is 0 Å². The summed E-state index contributed by atoms with van der Waals surface area (Å²) in [6.45, 7) is 4.49. The number of ether oxygens (including phenoxy) is 2. The van der Waals surface area contributed by atoms with Gasteiger partial charge in [-0.1, -0.05) is 13.0 Å². The molecular formula is C18H24N4O3. The zero-order valence-corrected chi connectivity index (χ0v) is 14.4. The van der Waals surface area contributed by atoms with Crippen molar-refractivity contribution in [2.45, 2.75) is 44.9 Å². The van der Waals surface area contributed by atoms with E-state index >= 15 is 0 Å². The third kappa shape index (κ3) is 3.48. The zero-order valence-electron chi connectivity index (χ0n) is 14.4. The van der Waals surface area contributed by atoms with Crippen LogP contribution >= 0.6 is 0 Å². The smallest absolute Gasteiger partial charge is 0.161 e. The molecule has 7 nitrogen and oxygen atoms in total. The standard InChI is InChI=1S/C18H24N4O3/c1-2-17-20-18-6-4-13(11-22(18)21-17)19-10-14(23)12-3-5-15-16(9-12)25-8-7-24-15/h3,5,9,13-14,19,23H,2,4,6-8,10-11H2,1H3/t13-,14+/m1/s1. The molecule has 0 bridgehead atoms. The first-order valence-corrected chi connectivity index (χ1v) is 8.96. The fourth-order valence-corrected chi connectivity index (χ4v) is 3.34. The molecule has 0 fully saturated rings. The van der Waals surface area contributed by atoms with Crippen LogP contribution in [-0.2, 0) is 19.4 Å². The van der Waals surface area contributed by atoms with Gasteiger partial charge in [-0.05, 0) is 24.1 Å². The van der Waals surface area contributed by atoms with Gasteiger partial charge in [0, 0.05) is 25.4 Å². The van der Waals surface area contributed by atoms with Crippen molar-refractivity contribution < 1.29 is 14.6 Å². The Morgan fingerprint density at radius 2 is 2.16 bits per heavy atom. The summed E-state index contributed by atoms with van der Waals surface area (Å²) in [5.41, 5.74) is 0.835. The van der Waals surface area contributed by atoms with Gasteiger partial charge in [-0.2, -0.15) is 5.10 Å². The quantitative estimate of drug-likeness (QED) is 0.850. The lowest BCUT2D eigenvalue weighted by Gasteiger charge is -2.25. The number of aliphatic hydroxyl groups excluding tert-OH is 1. The number of aliphatic hydroxyl groups is 1. The molecule has 1 aromatic heterocycles. The van der Waals surface area contributed by atoms with E-state index in [4.69, 9.17) is 9.47 Å². The Kier molecular flexibility index (Phi) is 4.59. The van der Waals surface area contributed by atoms with E-state index in [9.17, 15) is 5.11 Å². The van der Waals surface area contributed by atoms with Crippen LogP contribution in [0.15, 0.2) is 18.2 Å². The highest BCUT2D eigenvalue weighted by Crippen LogP contribution is 2.32. The SMILES string of the molecule is CCc1nc2n(n1)C[C@H](NC[C@H](O)c1ccc3c(c1)OCCO3)CC2. The molecule has 4 rings (SSSR count). The van der Waals surface area contributed by atoms with E-state index in [2.05, 4.69) is 22.3 Å². The summed E-state index contributed by atoms with van der Waals surface area (Å²) >= 11 is 0. The minimum absolute atomic E-state index is 0.297. The third-order valence-electron chi connectivity index (χ3n) is 4.77. The van der Waals surface area contributed by atoms with Crippen molar-refractivity contribution in [1.29, 1.82) is 0 Å². The van der Waals surface area contributed by atoms with Crippen LogP contribution in [0.4, 0.5) is 0 Å². The van der Waals surface area contributed by atoms with Crippen LogP contribution in [0.5, 0.6) is 11.5 Å². The molecule has 0 unspecified atom stereocenters. The molecule has 134 valence electrons. The van der Waals surface area contributed by atoms with Gasteiger partial charge in [-0.25, -0.2) is 9.67 Å². The van der Waals surface area contributed by atoms with Gasteiger partial charge >= 0.3 is 0 Å². The lowest BCUT2D eigenvalue weighted by atomic mass is 10.1. The lowest BCUT2D eigenvalue weighted by molar-refractivity contribution is 0.158. The van der Waals surface area contributed by atoms with Gasteiger partial charge < -0.3 is 19.9 Å². The molecule has 7 heteroatoms. The van der Waals surface area contributed by atoms with Crippen molar-refractivity contribution in [3.8, 4) is 11.5 Å². The van der Waals surface area contributed by atoms with Crippen LogP contribution < -0.4 is 14.8 Å². The molecule has 0 saturated heterocycles. The molecule has 1 aromatic carbocycles. The second-order valence-electron chi connectivity index (χ2n) is 6.54. The van der Waals surface area contributed by atoms with Crippen molar-refractivity contribution in [2.24, 2.45) is 0 Å². The van der Waals surface area contributed by atoms with Gasteiger partial charge in [0.25, 0.3) is 0 Å². The predicted molar refractivity (Wildman–Crippen MR) is 91.9 cm³/mol. The largest absolute Gasteiger partial charge is 0.486 e. The highest BCUT2D eigenvalue weighted by atomic mass is 16.6. The minimum Gasteiger partial charge on any atom is -0.486 e. The van der Waals surface area contributed by atoms with Crippen molar-refractivity contribution in [1.82, 2.24) is 20.1 Å². The molecule has 0 saturated carbocycles. The maximum absolute atomic E-state index is 10.5. The number of nitrogens with one attached hydrogen (secondary N) is 1. The molecule has 2 atom stereocenters. The Labute approximate surface area is 147 Å². The van der Waals surface area contributed by atoms with Gasteiger partial charge in [0.15, 0.2) is 17.3 Å². The molecule has 2 N–H and O–H groups in total. The first kappa shape index (κ1) is 16.4. The van der Waals surface area contributed by atoms with Gasteiger partial charge in [0.2, 0.25) is 0 Å². The van der Waals surface area contributed by atoms with E-state index in [0.29, 0.717) is 31.5 Å². The predicted octanol–water partition coefficient (Wildman–Crippen LogP) is 1.25. The monoisotopic (exact) mass is 344 g/mol. The summed E-state index contributed by atoms with van der Waals surface area (Å²) in [5, 5.41) is 18.5. The number of aryl methyl sites for hydroxylation is 2. The molecule has 25 heavy (non-hydrogen) atoms. The zero-order chi connectivity index (χ0) is 17.2. The number of benzene rings is 1. The maximum Gasteiger partial charge on any atom is 0.161 e. The summed E-state index contributed by atoms with van der Waals surface area (Å²) in [6, 6.07) is 5.92. The summed E-state index contributed by atoms with van der Waals surface area (Å²) < 4.78 is 13.1. The fraction of sp³-hybridized carbons (Fsp3) is 0.556. The second-order valence-corrected chi connectivity index (χ2v) is 6.54. The van der Waals surface area contributed by atoms with Crippen LogP contribution in [0.3, 0.4) is 0 Å². The Morgan fingerprint density at radius 1 is 1.32 bits per heavy atom. The summed E-state index contributed by atoms with van der Waals surface area (Å²) in [6.07, 6.45) is 2.21. The number of hydrogen-bond acceptors (Lipinski definition) is 6. The second kappa shape index (κ2) is 7.01. The number of aromatic nitrogens is 3. The molecule has 0 spiro atoms. The highest BCUT2D eigenvalue weighted by molar-refractivity contribution is 5.44. The van der Waals surface area contributed by atoms with E-state index in [1.165, 1.54) is 0 Å². The molecule has 2 aromatic rings. The fourth-order valence-electron chi connectivity index (χ4n) is 3.34. The summed E-state index contributed by atoms with van der Waals surface area (Å²) in [4.78, 5) is 4.54. The van der Waals surface area contributed by atoms with Gasteiger partial charge in [0.1, 0.15) is 19.0 Å². The first-order valence-electron chi connectivity index (χ1n) is 8.96. The molecule has 2 aliphatic heterocycles. The summed E-state index contributed by atoms with van der Waals surface area (Å²) in [5.74, 6) is 3.43. The van der Waals surface area contributed by atoms with Crippen LogP contribution in [0.1, 0.15) is 36.7 Å². The van der Waals surface area contributed by atoms with Gasteiger partial charge in [-0.3, -0.25) is 0 Å². The Hall–Kier alpha value is -2.12. The van der Waals surface area contributed by atoms with Crippen LogP contribution in [0, 0.1) is 0 Å². The Morgan fingerprint density at radius 3 is 3.00 bits per heavy atom. The lowest BCUT2D eigenvalue weighted by Crippen LogP contribution is -2.39. The molecule has 2 aliphatic rings. The van der Waals surface area contributed by atoms with Crippen LogP contribution in [-0.4, -0.2) is 45.7 Å². The maximum atomic E-state index is 10.5. The summed E-state index contributed by atoms with van der Waals surface area (Å²) in [7, 11) is 0. The van der Waals surface area contributed by atoms with Crippen molar-refractivity contribution in [2.75, 3.05) is 19.8 Å². The average Bonchev–Trinajstić information content (AvgIpc) is 3.08. The minimum atomic E-state index is -0.584. The van der Waals surface area contributed by atoms with E-state index in [0.717, 1.165) is 48.8 Å². The van der Waals surface area contributed by atoms with E-state index < -0.39 is 6.10 Å². The molecule has 0 radical (unpaired) electrons. The van der Waals surface area contributed by atoms with E-state index in [1.54, 1.807) is 0 Å². The van der Waals surface area contributed by atoms with Crippen molar-refractivity contribution in [3.63, 3.8) is 0 Å². The average molecular weight is 344 g/mol. The normalized spacial score (nSPS) is 20.2. The molecule has 3 heterocycles. The van der Waals surface area contributed by atoms with Gasteiger partial charge in [-0.15, -0.1) is 0 Å². The Balaban J connectivity index is 1.35. The molecular weight excluding hydrogens is 320 g/mol. The number of hydrogen-bond donors (Lipinski definition) is 2. The Bertz CT molecular complexity index is 746. The van der Waals surface area contributed by atoms with Gasteiger partial charge in [0.05, 0.1) is 12.6 Å². The topological polar surface area (TPSA) is 81.4 Å². The number of rotatable bonds is 5. The number of fused-ring (bicyclic) bond motifs is 2. The van der Waals surface area contributed by atoms with Crippen molar-refractivity contribution >= 4 is 0 Å². The third-order valence-corrected chi connectivity index (χ3v) is 4.77. The molecule has 0 aliphatic carbocycles. The highest BCUT2D eigenvalue weighted by Gasteiger charge is 2.22.